The molecule has 106 valence electrons. The van der Waals surface area contributed by atoms with E-state index in [-0.39, 0.29) is 11.8 Å². The highest BCUT2D eigenvalue weighted by Gasteiger charge is 2.13. The van der Waals surface area contributed by atoms with E-state index in [2.05, 4.69) is 19.2 Å². The van der Waals surface area contributed by atoms with Crippen molar-refractivity contribution in [2.24, 2.45) is 17.6 Å². The van der Waals surface area contributed by atoms with Crippen molar-refractivity contribution in [3.05, 3.63) is 34.9 Å². The highest BCUT2D eigenvalue weighted by atomic mass is 35.5. The molecule has 0 saturated heterocycles. The molecule has 0 aliphatic heterocycles. The number of nitrogens with two attached hydrogens (primary N) is 1. The average Bonchev–Trinajstić information content (AvgIpc) is 2.36. The van der Waals surface area contributed by atoms with Crippen LogP contribution in [0, 0.1) is 11.8 Å². The molecule has 0 aromatic heterocycles. The molecule has 3 N–H and O–H groups in total. The van der Waals surface area contributed by atoms with E-state index in [1.165, 1.54) is 0 Å². The van der Waals surface area contributed by atoms with Crippen LogP contribution in [0.15, 0.2) is 24.3 Å². The van der Waals surface area contributed by atoms with Gasteiger partial charge >= 0.3 is 0 Å². The number of carbonyl (C=O) groups is 1. The summed E-state index contributed by atoms with van der Waals surface area (Å²) < 4.78 is 0. The Morgan fingerprint density at radius 1 is 1.32 bits per heavy atom. The van der Waals surface area contributed by atoms with Gasteiger partial charge in [-0.2, -0.15) is 0 Å². The fraction of sp³-hybridized carbons (Fsp3) is 0.533. The maximum atomic E-state index is 11.8. The summed E-state index contributed by atoms with van der Waals surface area (Å²) >= 11 is 5.81. The summed E-state index contributed by atoms with van der Waals surface area (Å²) in [5.74, 6) is 0.897. The molecular weight excluding hydrogens is 260 g/mol. The van der Waals surface area contributed by atoms with Crippen LogP contribution in [0.1, 0.15) is 32.3 Å². The minimum Gasteiger partial charge on any atom is -0.352 e. The van der Waals surface area contributed by atoms with Crippen LogP contribution < -0.4 is 11.1 Å². The summed E-state index contributed by atoms with van der Waals surface area (Å²) in [5, 5.41) is 3.62. The molecule has 0 spiro atoms. The number of amides is 1. The van der Waals surface area contributed by atoms with E-state index in [9.17, 15) is 4.79 Å². The molecule has 0 aliphatic carbocycles. The molecule has 4 heteroatoms. The highest BCUT2D eigenvalue weighted by molar-refractivity contribution is 6.30. The van der Waals surface area contributed by atoms with Gasteiger partial charge in [0.05, 0.1) is 0 Å². The van der Waals surface area contributed by atoms with Gasteiger partial charge in [0.2, 0.25) is 5.91 Å². The Hall–Kier alpha value is -1.06. The summed E-state index contributed by atoms with van der Waals surface area (Å²) in [4.78, 5) is 11.8. The van der Waals surface area contributed by atoms with Crippen LogP contribution in [-0.4, -0.2) is 12.5 Å². The fourth-order valence-electron chi connectivity index (χ4n) is 2.07. The Balaban J connectivity index is 2.36. The molecule has 1 amide bonds. The number of carbonyl (C=O) groups excluding carboxylic acids is 1. The van der Waals surface area contributed by atoms with Gasteiger partial charge in [-0.1, -0.05) is 37.6 Å². The first-order chi connectivity index (χ1) is 9.01. The van der Waals surface area contributed by atoms with Crippen LogP contribution >= 0.6 is 11.6 Å². The standard InChI is InChI=1S/C15H23ClN2O/c1-11(2)7-13(9-17)8-15(19)18-10-12-3-5-14(16)6-4-12/h3-6,11,13H,7-10,17H2,1-2H3,(H,18,19)/t13-/m0/s1. The Labute approximate surface area is 120 Å². The van der Waals surface area contributed by atoms with Crippen LogP contribution in [0.2, 0.25) is 5.02 Å². The van der Waals surface area contributed by atoms with E-state index in [4.69, 9.17) is 17.3 Å². The van der Waals surface area contributed by atoms with E-state index >= 15 is 0 Å². The molecule has 0 unspecified atom stereocenters. The van der Waals surface area contributed by atoms with Gasteiger partial charge in [0.1, 0.15) is 0 Å². The predicted molar refractivity (Wildman–Crippen MR) is 79.9 cm³/mol. The SMILES string of the molecule is CC(C)C[C@H](CN)CC(=O)NCc1ccc(Cl)cc1. The van der Waals surface area contributed by atoms with Gasteiger partial charge < -0.3 is 11.1 Å². The van der Waals surface area contributed by atoms with Gasteiger partial charge in [-0.25, -0.2) is 0 Å². The molecule has 1 atom stereocenters. The fourth-order valence-corrected chi connectivity index (χ4v) is 2.19. The van der Waals surface area contributed by atoms with Crippen molar-refractivity contribution in [3.8, 4) is 0 Å². The van der Waals surface area contributed by atoms with Gasteiger partial charge in [0.25, 0.3) is 0 Å². The summed E-state index contributed by atoms with van der Waals surface area (Å²) in [7, 11) is 0. The lowest BCUT2D eigenvalue weighted by Gasteiger charge is -2.16. The highest BCUT2D eigenvalue weighted by Crippen LogP contribution is 2.14. The molecule has 0 heterocycles. The quantitative estimate of drug-likeness (QED) is 0.808. The maximum Gasteiger partial charge on any atom is 0.220 e. The molecule has 0 aliphatic rings. The third-order valence-corrected chi connectivity index (χ3v) is 3.27. The third kappa shape index (κ3) is 6.60. The van der Waals surface area contributed by atoms with Gasteiger partial charge in [-0.05, 0) is 42.5 Å². The number of nitrogens with one attached hydrogen (secondary N) is 1. The van der Waals surface area contributed by atoms with E-state index in [1.54, 1.807) is 0 Å². The summed E-state index contributed by atoms with van der Waals surface area (Å²) in [6.07, 6.45) is 1.49. The number of benzene rings is 1. The van der Waals surface area contributed by atoms with Crippen molar-refractivity contribution < 1.29 is 4.79 Å². The second kappa shape index (κ2) is 8.18. The zero-order chi connectivity index (χ0) is 14.3. The van der Waals surface area contributed by atoms with E-state index in [1.807, 2.05) is 24.3 Å². The van der Waals surface area contributed by atoms with Crippen LogP contribution in [0.4, 0.5) is 0 Å². The largest absolute Gasteiger partial charge is 0.352 e. The Morgan fingerprint density at radius 2 is 1.95 bits per heavy atom. The van der Waals surface area contributed by atoms with Crippen LogP contribution in [-0.2, 0) is 11.3 Å². The van der Waals surface area contributed by atoms with Gasteiger partial charge in [-0.15, -0.1) is 0 Å². The number of rotatable bonds is 7. The maximum absolute atomic E-state index is 11.8. The van der Waals surface area contributed by atoms with Crippen LogP contribution in [0.3, 0.4) is 0 Å². The van der Waals surface area contributed by atoms with Gasteiger partial charge in [0, 0.05) is 18.0 Å². The molecule has 1 aromatic rings. The first-order valence-electron chi connectivity index (χ1n) is 6.72. The predicted octanol–water partition coefficient (Wildman–Crippen LogP) is 2.97. The minimum absolute atomic E-state index is 0.0612. The lowest BCUT2D eigenvalue weighted by molar-refractivity contribution is -0.122. The van der Waals surface area contributed by atoms with Crippen molar-refractivity contribution in [2.75, 3.05) is 6.54 Å². The van der Waals surface area contributed by atoms with Gasteiger partial charge in [-0.3, -0.25) is 4.79 Å². The first-order valence-corrected chi connectivity index (χ1v) is 7.10. The van der Waals surface area contributed by atoms with Crippen molar-refractivity contribution in [1.29, 1.82) is 0 Å². The minimum atomic E-state index is 0.0612. The summed E-state index contributed by atoms with van der Waals surface area (Å²) in [6, 6.07) is 7.48. The molecule has 0 fully saturated rings. The number of halogens is 1. The van der Waals surface area contributed by atoms with E-state index in [0.29, 0.717) is 30.5 Å². The topological polar surface area (TPSA) is 55.1 Å². The van der Waals surface area contributed by atoms with Crippen molar-refractivity contribution in [3.63, 3.8) is 0 Å². The Morgan fingerprint density at radius 3 is 2.47 bits per heavy atom. The average molecular weight is 283 g/mol. The molecule has 0 saturated carbocycles. The number of hydrogen-bond acceptors (Lipinski definition) is 2. The monoisotopic (exact) mass is 282 g/mol. The van der Waals surface area contributed by atoms with Crippen LogP contribution in [0.5, 0.6) is 0 Å². The zero-order valence-corrected chi connectivity index (χ0v) is 12.4. The van der Waals surface area contributed by atoms with Crippen LogP contribution in [0.25, 0.3) is 0 Å². The summed E-state index contributed by atoms with van der Waals surface area (Å²) in [6.45, 7) is 5.39. The molecule has 3 nitrogen and oxygen atoms in total. The third-order valence-electron chi connectivity index (χ3n) is 3.02. The normalized spacial score (nSPS) is 12.5. The van der Waals surface area contributed by atoms with Crippen molar-refractivity contribution >= 4 is 17.5 Å². The number of hydrogen-bond donors (Lipinski definition) is 2. The Bertz CT molecular complexity index is 390. The second-order valence-corrected chi connectivity index (χ2v) is 5.78. The molecular formula is C15H23ClN2O. The molecule has 0 bridgehead atoms. The van der Waals surface area contributed by atoms with E-state index in [0.717, 1.165) is 12.0 Å². The Kier molecular flexibility index (Phi) is 6.89. The van der Waals surface area contributed by atoms with Gasteiger partial charge in [0.15, 0.2) is 0 Å². The lowest BCUT2D eigenvalue weighted by Crippen LogP contribution is -2.28. The lowest BCUT2D eigenvalue weighted by atomic mass is 9.94. The molecule has 19 heavy (non-hydrogen) atoms. The van der Waals surface area contributed by atoms with E-state index < -0.39 is 0 Å². The molecule has 1 aromatic carbocycles. The second-order valence-electron chi connectivity index (χ2n) is 5.34. The molecule has 0 radical (unpaired) electrons. The zero-order valence-electron chi connectivity index (χ0n) is 11.7. The van der Waals surface area contributed by atoms with Crippen molar-refractivity contribution in [1.82, 2.24) is 5.32 Å². The smallest absolute Gasteiger partial charge is 0.220 e. The summed E-state index contributed by atoms with van der Waals surface area (Å²) in [5.41, 5.74) is 6.75. The van der Waals surface area contributed by atoms with Crippen molar-refractivity contribution in [2.45, 2.75) is 33.2 Å². The first kappa shape index (κ1) is 16.0. The molecule has 1 rings (SSSR count).